The fourth-order valence-corrected chi connectivity index (χ4v) is 2.73. The molecule has 0 saturated carbocycles. The van der Waals surface area contributed by atoms with Gasteiger partial charge in [-0.15, -0.1) is 0 Å². The molecule has 0 saturated heterocycles. The van der Waals surface area contributed by atoms with Crippen molar-refractivity contribution in [2.45, 2.75) is 39.0 Å². The van der Waals surface area contributed by atoms with Gasteiger partial charge in [0, 0.05) is 25.8 Å². The third kappa shape index (κ3) is 7.83. The highest BCUT2D eigenvalue weighted by Gasteiger charge is 2.27. The SMILES string of the molecule is COc1cc(F)c([C@@H](OC)C(=O)NCc2ccc(N=CNC(=O)OC(C)(C)C)cc2)c(F)c1. The van der Waals surface area contributed by atoms with E-state index in [0.29, 0.717) is 11.3 Å². The molecule has 2 rings (SSSR count). The summed E-state index contributed by atoms with van der Waals surface area (Å²) in [5.74, 6) is -2.61. The number of nitrogens with zero attached hydrogens (tertiary/aromatic N) is 1. The summed E-state index contributed by atoms with van der Waals surface area (Å²) in [5, 5.41) is 4.99. The number of alkyl carbamates (subject to hydrolysis) is 1. The molecule has 0 aromatic heterocycles. The van der Waals surface area contributed by atoms with Crippen LogP contribution < -0.4 is 15.4 Å². The van der Waals surface area contributed by atoms with Crippen LogP contribution in [0.25, 0.3) is 0 Å². The molecule has 0 aliphatic rings. The Morgan fingerprint density at radius 2 is 1.70 bits per heavy atom. The first-order chi connectivity index (χ1) is 15.5. The molecule has 0 spiro atoms. The fraction of sp³-hybridized carbons (Fsp3) is 0.348. The van der Waals surface area contributed by atoms with Gasteiger partial charge in [0.2, 0.25) is 0 Å². The van der Waals surface area contributed by atoms with Crippen LogP contribution in [0.3, 0.4) is 0 Å². The Hall–Kier alpha value is -3.53. The van der Waals surface area contributed by atoms with Gasteiger partial charge in [0.25, 0.3) is 5.91 Å². The number of aliphatic imine (C=N–C) groups is 1. The van der Waals surface area contributed by atoms with Crippen LogP contribution in [0.1, 0.15) is 38.0 Å². The number of carbonyl (C=O) groups is 2. The Morgan fingerprint density at radius 1 is 1.09 bits per heavy atom. The predicted octanol–water partition coefficient (Wildman–Crippen LogP) is 4.16. The summed E-state index contributed by atoms with van der Waals surface area (Å²) in [6, 6.07) is 8.72. The van der Waals surface area contributed by atoms with E-state index in [4.69, 9.17) is 14.2 Å². The van der Waals surface area contributed by atoms with Gasteiger partial charge in [0.1, 0.15) is 23.0 Å². The molecule has 0 heterocycles. The van der Waals surface area contributed by atoms with Crippen LogP contribution in [-0.4, -0.2) is 38.2 Å². The highest BCUT2D eigenvalue weighted by atomic mass is 19.1. The van der Waals surface area contributed by atoms with Crippen molar-refractivity contribution >= 4 is 24.0 Å². The van der Waals surface area contributed by atoms with Gasteiger partial charge in [0.05, 0.1) is 24.7 Å². The maximum absolute atomic E-state index is 14.3. The number of methoxy groups -OCH3 is 2. The molecule has 0 unspecified atom stereocenters. The van der Waals surface area contributed by atoms with E-state index >= 15 is 0 Å². The molecule has 2 N–H and O–H groups in total. The maximum atomic E-state index is 14.3. The number of nitrogens with one attached hydrogen (secondary N) is 2. The van der Waals surface area contributed by atoms with Crippen LogP contribution in [0.15, 0.2) is 41.4 Å². The average Bonchev–Trinajstić information content (AvgIpc) is 2.74. The van der Waals surface area contributed by atoms with Crippen molar-refractivity contribution in [3.05, 3.63) is 59.2 Å². The summed E-state index contributed by atoms with van der Waals surface area (Å²) in [7, 11) is 2.47. The van der Waals surface area contributed by atoms with Crippen LogP contribution in [0.2, 0.25) is 0 Å². The fourth-order valence-electron chi connectivity index (χ4n) is 2.73. The van der Waals surface area contributed by atoms with Crippen molar-refractivity contribution in [1.29, 1.82) is 0 Å². The Bertz CT molecular complexity index is 981. The average molecular weight is 463 g/mol. The predicted molar refractivity (Wildman–Crippen MR) is 118 cm³/mol. The molecule has 8 nitrogen and oxygen atoms in total. The number of carbonyl (C=O) groups excluding carboxylic acids is 2. The zero-order chi connectivity index (χ0) is 24.6. The summed E-state index contributed by atoms with van der Waals surface area (Å²) in [4.78, 5) is 28.2. The molecule has 0 fully saturated rings. The maximum Gasteiger partial charge on any atom is 0.412 e. The van der Waals surface area contributed by atoms with E-state index in [2.05, 4.69) is 15.6 Å². The van der Waals surface area contributed by atoms with Crippen molar-refractivity contribution in [3.8, 4) is 5.75 Å². The summed E-state index contributed by atoms with van der Waals surface area (Å²) in [5.41, 5.74) is 0.153. The van der Waals surface area contributed by atoms with Crippen molar-refractivity contribution in [1.82, 2.24) is 10.6 Å². The van der Waals surface area contributed by atoms with Crippen LogP contribution in [0, 0.1) is 11.6 Å². The monoisotopic (exact) mass is 463 g/mol. The lowest BCUT2D eigenvalue weighted by Crippen LogP contribution is -2.31. The Morgan fingerprint density at radius 3 is 2.21 bits per heavy atom. The van der Waals surface area contributed by atoms with Crippen molar-refractivity contribution in [2.24, 2.45) is 4.99 Å². The van der Waals surface area contributed by atoms with Crippen molar-refractivity contribution in [3.63, 3.8) is 0 Å². The zero-order valence-corrected chi connectivity index (χ0v) is 19.1. The van der Waals surface area contributed by atoms with Crippen LogP contribution in [0.5, 0.6) is 5.75 Å². The molecule has 178 valence electrons. The van der Waals surface area contributed by atoms with Gasteiger partial charge < -0.3 is 19.5 Å². The molecule has 10 heteroatoms. The van der Waals surface area contributed by atoms with Gasteiger partial charge in [-0.3, -0.25) is 10.1 Å². The number of rotatable bonds is 8. The normalized spacial score (nSPS) is 12.3. The third-order valence-corrected chi connectivity index (χ3v) is 4.22. The van der Waals surface area contributed by atoms with Crippen LogP contribution >= 0.6 is 0 Å². The van der Waals surface area contributed by atoms with Crippen molar-refractivity contribution in [2.75, 3.05) is 14.2 Å². The standard InChI is InChI=1S/C23H27F2N3O5/c1-23(2,3)33-22(30)28-13-27-15-8-6-14(7-9-15)12-26-21(29)20(32-5)19-17(24)10-16(31-4)11-18(19)25/h6-11,13,20H,12H2,1-5H3,(H,26,29)(H,27,28,30)/t20-/m1/s1. The second-order valence-electron chi connectivity index (χ2n) is 7.91. The first-order valence-electron chi connectivity index (χ1n) is 9.98. The van der Waals surface area contributed by atoms with E-state index in [0.717, 1.165) is 12.1 Å². The number of benzene rings is 2. The van der Waals surface area contributed by atoms with Crippen LogP contribution in [-0.2, 0) is 20.8 Å². The molecule has 2 aromatic carbocycles. The van der Waals surface area contributed by atoms with E-state index in [-0.39, 0.29) is 12.3 Å². The molecule has 0 aliphatic heterocycles. The van der Waals surface area contributed by atoms with Gasteiger partial charge in [-0.1, -0.05) is 12.1 Å². The number of halogens is 2. The minimum Gasteiger partial charge on any atom is -0.497 e. The lowest BCUT2D eigenvalue weighted by molar-refractivity contribution is -0.131. The van der Waals surface area contributed by atoms with Gasteiger partial charge >= 0.3 is 6.09 Å². The largest absolute Gasteiger partial charge is 0.497 e. The highest BCUT2D eigenvalue weighted by Crippen LogP contribution is 2.28. The van der Waals surface area contributed by atoms with Gasteiger partial charge in [-0.25, -0.2) is 18.6 Å². The van der Waals surface area contributed by atoms with E-state index in [9.17, 15) is 18.4 Å². The summed E-state index contributed by atoms with van der Waals surface area (Å²) < 4.78 is 43.6. The Balaban J connectivity index is 1.96. The second-order valence-corrected chi connectivity index (χ2v) is 7.91. The summed E-state index contributed by atoms with van der Waals surface area (Å²) >= 11 is 0. The molecule has 1 atom stereocenters. The first kappa shape index (κ1) is 25.7. The quantitative estimate of drug-likeness (QED) is 0.453. The van der Waals surface area contributed by atoms with Crippen LogP contribution in [0.4, 0.5) is 19.3 Å². The molecule has 0 bridgehead atoms. The van der Waals surface area contributed by atoms with Gasteiger partial charge in [0.15, 0.2) is 6.10 Å². The first-order valence-corrected chi connectivity index (χ1v) is 9.98. The summed E-state index contributed by atoms with van der Waals surface area (Å²) in [6.45, 7) is 5.35. The Labute approximate surface area is 190 Å². The van der Waals surface area contributed by atoms with E-state index in [1.807, 2.05) is 0 Å². The third-order valence-electron chi connectivity index (χ3n) is 4.22. The highest BCUT2D eigenvalue weighted by molar-refractivity contribution is 5.83. The topological polar surface area (TPSA) is 98.3 Å². The van der Waals surface area contributed by atoms with E-state index in [1.165, 1.54) is 20.6 Å². The number of amides is 2. The molecule has 0 radical (unpaired) electrons. The van der Waals surface area contributed by atoms with Gasteiger partial charge in [-0.2, -0.15) is 0 Å². The summed E-state index contributed by atoms with van der Waals surface area (Å²) in [6.07, 6.45) is -0.881. The smallest absolute Gasteiger partial charge is 0.412 e. The molecular formula is C23H27F2N3O5. The lowest BCUT2D eigenvalue weighted by atomic mass is 10.1. The molecule has 2 amide bonds. The van der Waals surface area contributed by atoms with Gasteiger partial charge in [-0.05, 0) is 38.5 Å². The van der Waals surface area contributed by atoms with Crippen molar-refractivity contribution < 1.29 is 32.6 Å². The van der Waals surface area contributed by atoms with E-state index in [1.54, 1.807) is 45.0 Å². The van der Waals surface area contributed by atoms with E-state index < -0.39 is 40.9 Å². The molecule has 0 aliphatic carbocycles. The number of ether oxygens (including phenoxy) is 3. The minimum atomic E-state index is -1.47. The molecular weight excluding hydrogens is 436 g/mol. The Kier molecular flexibility index (Phi) is 8.86. The number of hydrogen-bond acceptors (Lipinski definition) is 6. The zero-order valence-electron chi connectivity index (χ0n) is 19.1. The number of hydrogen-bond donors (Lipinski definition) is 2. The second kappa shape index (κ2) is 11.4. The minimum absolute atomic E-state index is 0.00643. The molecule has 2 aromatic rings. The molecule has 33 heavy (non-hydrogen) atoms. The lowest BCUT2D eigenvalue weighted by Gasteiger charge is -2.18.